The van der Waals surface area contributed by atoms with Crippen molar-refractivity contribution in [2.75, 3.05) is 26.2 Å². The van der Waals surface area contributed by atoms with Gasteiger partial charge in [0.15, 0.2) is 0 Å². The lowest BCUT2D eigenvalue weighted by Crippen LogP contribution is -2.49. The van der Waals surface area contributed by atoms with E-state index in [9.17, 15) is 14.7 Å². The molecular formula is C22H26Cl2N4O3S. The predicted octanol–water partition coefficient (Wildman–Crippen LogP) is 3.19. The third-order valence-corrected chi connectivity index (χ3v) is 7.60. The second-order valence-corrected chi connectivity index (χ2v) is 10.3. The lowest BCUT2D eigenvalue weighted by atomic mass is 10.1. The Labute approximate surface area is 201 Å². The van der Waals surface area contributed by atoms with Crippen LogP contribution < -0.4 is 5.32 Å². The molecule has 10 heteroatoms. The van der Waals surface area contributed by atoms with Crippen molar-refractivity contribution >= 4 is 46.4 Å². The van der Waals surface area contributed by atoms with Gasteiger partial charge in [-0.2, -0.15) is 0 Å². The zero-order valence-electron chi connectivity index (χ0n) is 17.6. The number of carbonyl (C=O) groups is 2. The molecule has 172 valence electrons. The van der Waals surface area contributed by atoms with Gasteiger partial charge in [-0.3, -0.25) is 14.5 Å². The van der Waals surface area contributed by atoms with Gasteiger partial charge < -0.3 is 15.3 Å². The summed E-state index contributed by atoms with van der Waals surface area (Å²) < 4.78 is 0. The number of piperazine rings is 1. The summed E-state index contributed by atoms with van der Waals surface area (Å²) >= 11 is 13.4. The Bertz CT molecular complexity index is 978. The van der Waals surface area contributed by atoms with E-state index in [4.69, 9.17) is 23.2 Å². The van der Waals surface area contributed by atoms with E-state index >= 15 is 0 Å². The van der Waals surface area contributed by atoms with Crippen molar-refractivity contribution in [1.29, 1.82) is 0 Å². The summed E-state index contributed by atoms with van der Waals surface area (Å²) in [6.07, 6.45) is 3.37. The van der Waals surface area contributed by atoms with Crippen molar-refractivity contribution < 1.29 is 14.7 Å². The summed E-state index contributed by atoms with van der Waals surface area (Å²) in [6.45, 7) is 3.90. The molecule has 2 atom stereocenters. The minimum absolute atomic E-state index is 0.0284. The van der Waals surface area contributed by atoms with Gasteiger partial charge in [0.1, 0.15) is 9.88 Å². The Morgan fingerprint density at radius 1 is 1.19 bits per heavy atom. The zero-order chi connectivity index (χ0) is 22.7. The monoisotopic (exact) mass is 496 g/mol. The summed E-state index contributed by atoms with van der Waals surface area (Å²) in [5.41, 5.74) is 0.800. The van der Waals surface area contributed by atoms with E-state index in [0.29, 0.717) is 47.5 Å². The van der Waals surface area contributed by atoms with Gasteiger partial charge in [-0.25, -0.2) is 4.98 Å². The van der Waals surface area contributed by atoms with Crippen LogP contribution in [0.4, 0.5) is 0 Å². The smallest absolute Gasteiger partial charge is 0.263 e. The first-order chi connectivity index (χ1) is 15.4. The SMILES string of the molecule is O=C(NCc1ccc(Cl)cc1Cl)c1cnc(CN2CCN(C(=O)C3CCC(O)C3)CC2)s1. The number of aliphatic hydroxyl groups is 1. The van der Waals surface area contributed by atoms with Crippen molar-refractivity contribution in [3.63, 3.8) is 0 Å². The number of thiazole rings is 1. The van der Waals surface area contributed by atoms with Crippen LogP contribution in [0.25, 0.3) is 0 Å². The van der Waals surface area contributed by atoms with Gasteiger partial charge in [0, 0.05) is 48.7 Å². The lowest BCUT2D eigenvalue weighted by Gasteiger charge is -2.35. The van der Waals surface area contributed by atoms with E-state index in [2.05, 4.69) is 15.2 Å². The van der Waals surface area contributed by atoms with Crippen LogP contribution in [0.3, 0.4) is 0 Å². The molecule has 2 N–H and O–H groups in total. The van der Waals surface area contributed by atoms with Gasteiger partial charge >= 0.3 is 0 Å². The molecule has 1 saturated heterocycles. The molecule has 0 radical (unpaired) electrons. The molecular weight excluding hydrogens is 471 g/mol. The Hall–Kier alpha value is -1.71. The number of benzene rings is 1. The molecule has 2 unspecified atom stereocenters. The quantitative estimate of drug-likeness (QED) is 0.641. The van der Waals surface area contributed by atoms with Crippen molar-refractivity contribution in [3.05, 3.63) is 49.9 Å². The third kappa shape index (κ3) is 5.80. The van der Waals surface area contributed by atoms with Crippen molar-refractivity contribution in [1.82, 2.24) is 20.1 Å². The van der Waals surface area contributed by atoms with E-state index in [1.807, 2.05) is 4.90 Å². The third-order valence-electron chi connectivity index (χ3n) is 6.03. The number of nitrogens with zero attached hydrogens (tertiary/aromatic N) is 3. The summed E-state index contributed by atoms with van der Waals surface area (Å²) in [7, 11) is 0. The van der Waals surface area contributed by atoms with E-state index in [0.717, 1.165) is 36.5 Å². The number of carbonyl (C=O) groups excluding carboxylic acids is 2. The first-order valence-electron chi connectivity index (χ1n) is 10.7. The molecule has 2 aromatic rings. The van der Waals surface area contributed by atoms with Gasteiger partial charge in [-0.1, -0.05) is 29.3 Å². The Morgan fingerprint density at radius 3 is 2.66 bits per heavy atom. The van der Waals surface area contributed by atoms with Gasteiger partial charge in [-0.15, -0.1) is 11.3 Å². The summed E-state index contributed by atoms with van der Waals surface area (Å²) in [5, 5.41) is 14.5. The van der Waals surface area contributed by atoms with Crippen LogP contribution in [0.15, 0.2) is 24.4 Å². The van der Waals surface area contributed by atoms with Gasteiger partial charge in [-0.05, 0) is 37.0 Å². The molecule has 1 saturated carbocycles. The number of aromatic nitrogens is 1. The van der Waals surface area contributed by atoms with Crippen LogP contribution in [0.1, 0.15) is 39.5 Å². The summed E-state index contributed by atoms with van der Waals surface area (Å²) in [6, 6.07) is 5.19. The largest absolute Gasteiger partial charge is 0.393 e. The number of aliphatic hydroxyl groups excluding tert-OH is 1. The van der Waals surface area contributed by atoms with Crippen LogP contribution in [-0.2, 0) is 17.9 Å². The molecule has 32 heavy (non-hydrogen) atoms. The first-order valence-corrected chi connectivity index (χ1v) is 12.3. The molecule has 1 aliphatic carbocycles. The predicted molar refractivity (Wildman–Crippen MR) is 125 cm³/mol. The lowest BCUT2D eigenvalue weighted by molar-refractivity contribution is -0.137. The number of hydrogen-bond donors (Lipinski definition) is 2. The first kappa shape index (κ1) is 23.4. The maximum absolute atomic E-state index is 12.6. The molecule has 2 aliphatic rings. The number of hydrogen-bond acceptors (Lipinski definition) is 6. The molecule has 2 amide bonds. The van der Waals surface area contributed by atoms with Crippen LogP contribution in [0.5, 0.6) is 0 Å². The fraction of sp³-hybridized carbons (Fsp3) is 0.500. The van der Waals surface area contributed by atoms with E-state index in [-0.39, 0.29) is 23.8 Å². The maximum Gasteiger partial charge on any atom is 0.263 e. The average molecular weight is 497 g/mol. The number of nitrogens with one attached hydrogen (secondary N) is 1. The highest BCUT2D eigenvalue weighted by Gasteiger charge is 2.33. The van der Waals surface area contributed by atoms with E-state index in [1.54, 1.807) is 24.4 Å². The zero-order valence-corrected chi connectivity index (χ0v) is 19.9. The molecule has 1 aromatic heterocycles. The molecule has 0 bridgehead atoms. The second kappa shape index (κ2) is 10.5. The molecule has 1 aromatic carbocycles. The second-order valence-electron chi connectivity index (χ2n) is 8.30. The van der Waals surface area contributed by atoms with Gasteiger partial charge in [0.05, 0.1) is 18.8 Å². The fourth-order valence-corrected chi connectivity index (χ4v) is 5.53. The van der Waals surface area contributed by atoms with Crippen LogP contribution in [-0.4, -0.2) is 64.0 Å². The topological polar surface area (TPSA) is 85.8 Å². The molecule has 1 aliphatic heterocycles. The fourth-order valence-electron chi connectivity index (χ4n) is 4.17. The Morgan fingerprint density at radius 2 is 1.97 bits per heavy atom. The number of halogens is 2. The normalized spacial score (nSPS) is 21.7. The van der Waals surface area contributed by atoms with Crippen molar-refractivity contribution in [2.24, 2.45) is 5.92 Å². The van der Waals surface area contributed by atoms with E-state index < -0.39 is 0 Å². The summed E-state index contributed by atoms with van der Waals surface area (Å²) in [4.78, 5) is 34.2. The van der Waals surface area contributed by atoms with Gasteiger partial charge in [0.2, 0.25) is 5.91 Å². The van der Waals surface area contributed by atoms with Gasteiger partial charge in [0.25, 0.3) is 5.91 Å². The highest BCUT2D eigenvalue weighted by Crippen LogP contribution is 2.28. The van der Waals surface area contributed by atoms with Crippen LogP contribution >= 0.6 is 34.5 Å². The van der Waals surface area contributed by atoms with Crippen molar-refractivity contribution in [3.8, 4) is 0 Å². The van der Waals surface area contributed by atoms with Crippen LogP contribution in [0.2, 0.25) is 10.0 Å². The molecule has 2 fully saturated rings. The molecule has 7 nitrogen and oxygen atoms in total. The van der Waals surface area contributed by atoms with Crippen molar-refractivity contribution in [2.45, 2.75) is 38.5 Å². The Balaban J connectivity index is 1.24. The number of amides is 2. The van der Waals surface area contributed by atoms with E-state index in [1.165, 1.54) is 11.3 Å². The minimum Gasteiger partial charge on any atom is -0.393 e. The summed E-state index contributed by atoms with van der Waals surface area (Å²) in [5.74, 6) is -0.0385. The highest BCUT2D eigenvalue weighted by atomic mass is 35.5. The maximum atomic E-state index is 12.6. The molecule has 4 rings (SSSR count). The molecule has 2 heterocycles. The minimum atomic E-state index is -0.329. The Kier molecular flexibility index (Phi) is 7.68. The highest BCUT2D eigenvalue weighted by molar-refractivity contribution is 7.13. The molecule has 0 spiro atoms. The standard InChI is InChI=1S/C22H26Cl2N4O3S/c23-16-3-1-15(18(24)10-16)11-26-21(30)19-12-25-20(32-19)13-27-5-7-28(8-6-27)22(31)14-2-4-17(29)9-14/h1,3,10,12,14,17,29H,2,4-9,11,13H2,(H,26,30). The average Bonchev–Trinajstić information content (AvgIpc) is 3.42. The number of rotatable bonds is 6. The van der Waals surface area contributed by atoms with Crippen LogP contribution in [0, 0.1) is 5.92 Å².